The van der Waals surface area contributed by atoms with Gasteiger partial charge in [0, 0.05) is 11.6 Å². The number of nitrogens with zero attached hydrogens (tertiary/aromatic N) is 2. The Morgan fingerprint density at radius 1 is 0.903 bits per heavy atom. The van der Waals surface area contributed by atoms with Crippen LogP contribution in [0.1, 0.15) is 0 Å². The first-order valence-corrected chi connectivity index (χ1v) is 12.4. The molecule has 0 saturated heterocycles. The number of ether oxygens (including phenoxy) is 1. The van der Waals surface area contributed by atoms with Crippen LogP contribution in [0.3, 0.4) is 0 Å². The predicted molar refractivity (Wildman–Crippen MR) is 124 cm³/mol. The molecule has 5 rings (SSSR count). The Hall–Kier alpha value is -3.27. The predicted octanol–water partition coefficient (Wildman–Crippen LogP) is 6.01. The van der Waals surface area contributed by atoms with E-state index in [4.69, 9.17) is 4.74 Å². The van der Waals surface area contributed by atoms with Gasteiger partial charge in [0.1, 0.15) is 20.7 Å². The van der Waals surface area contributed by atoms with Gasteiger partial charge in [-0.1, -0.05) is 30.3 Å². The monoisotopic (exact) mass is 465 g/mol. The van der Waals surface area contributed by atoms with Crippen molar-refractivity contribution < 1.29 is 13.2 Å². The van der Waals surface area contributed by atoms with Gasteiger partial charge < -0.3 is 4.74 Å². The number of anilines is 1. The number of fused-ring (bicyclic) bond motifs is 1. The molecule has 0 fully saturated rings. The molecule has 3 heterocycles. The van der Waals surface area contributed by atoms with E-state index in [1.54, 1.807) is 12.1 Å². The van der Waals surface area contributed by atoms with Gasteiger partial charge in [-0.05, 0) is 41.8 Å². The fraction of sp³-hybridized carbons (Fsp3) is 0. The molecule has 6 nitrogen and oxygen atoms in total. The highest BCUT2D eigenvalue weighted by molar-refractivity contribution is 7.93. The van der Waals surface area contributed by atoms with Gasteiger partial charge in [-0.15, -0.1) is 22.7 Å². The van der Waals surface area contributed by atoms with Crippen molar-refractivity contribution in [1.82, 2.24) is 9.97 Å². The molecule has 0 amide bonds. The Morgan fingerprint density at radius 2 is 1.71 bits per heavy atom. The number of nitrogens with one attached hydrogen (secondary N) is 1. The van der Waals surface area contributed by atoms with E-state index < -0.39 is 10.0 Å². The number of thiazole rings is 1. The van der Waals surface area contributed by atoms with E-state index in [-0.39, 0.29) is 4.90 Å². The molecule has 0 aliphatic heterocycles. The third-order valence-corrected chi connectivity index (χ3v) is 7.77. The summed E-state index contributed by atoms with van der Waals surface area (Å²) in [5.74, 6) is 0.944. The van der Waals surface area contributed by atoms with E-state index in [0.717, 1.165) is 20.8 Å². The van der Waals surface area contributed by atoms with Crippen molar-refractivity contribution in [3.05, 3.63) is 84.4 Å². The van der Waals surface area contributed by atoms with Crippen LogP contribution in [-0.2, 0) is 10.0 Å². The van der Waals surface area contributed by atoms with Crippen LogP contribution in [-0.4, -0.2) is 18.4 Å². The Balaban J connectivity index is 1.38. The number of pyridine rings is 1. The lowest BCUT2D eigenvalue weighted by atomic mass is 10.3. The van der Waals surface area contributed by atoms with E-state index in [9.17, 15) is 8.42 Å². The molecule has 5 aromatic rings. The van der Waals surface area contributed by atoms with Gasteiger partial charge in [-0.3, -0.25) is 4.72 Å². The Morgan fingerprint density at radius 3 is 2.48 bits per heavy atom. The van der Waals surface area contributed by atoms with Crippen LogP contribution in [0.2, 0.25) is 0 Å². The van der Waals surface area contributed by atoms with Crippen LogP contribution in [0.25, 0.3) is 20.8 Å². The second kappa shape index (κ2) is 8.10. The molecule has 1 N–H and O–H groups in total. The summed E-state index contributed by atoms with van der Waals surface area (Å²) in [4.78, 5) is 8.81. The number of rotatable bonds is 6. The molecule has 0 radical (unpaired) electrons. The number of hydrogen-bond donors (Lipinski definition) is 1. The van der Waals surface area contributed by atoms with E-state index in [0.29, 0.717) is 16.6 Å². The minimum Gasteiger partial charge on any atom is -0.439 e. The minimum atomic E-state index is -3.81. The molecule has 31 heavy (non-hydrogen) atoms. The highest BCUT2D eigenvalue weighted by Gasteiger charge is 2.20. The van der Waals surface area contributed by atoms with Gasteiger partial charge in [-0.25, -0.2) is 18.4 Å². The lowest BCUT2D eigenvalue weighted by Crippen LogP contribution is -2.12. The summed E-state index contributed by atoms with van der Waals surface area (Å²) in [6.07, 6.45) is 1.28. The Kier molecular flexibility index (Phi) is 5.14. The number of para-hydroxylation sites is 2. The van der Waals surface area contributed by atoms with Gasteiger partial charge in [0.2, 0.25) is 5.88 Å². The Labute approximate surface area is 186 Å². The van der Waals surface area contributed by atoms with Crippen LogP contribution >= 0.6 is 22.7 Å². The summed E-state index contributed by atoms with van der Waals surface area (Å²) in [6, 6.07) is 21.9. The SMILES string of the molecule is O=S(=O)(Nc1sccc1-c1nc2ccccc2s1)c1ccc(Oc2ccccc2)nc1. The average Bonchev–Trinajstić information content (AvgIpc) is 3.41. The fourth-order valence-electron chi connectivity index (χ4n) is 2.92. The molecule has 154 valence electrons. The molecule has 0 spiro atoms. The zero-order valence-corrected chi connectivity index (χ0v) is 18.4. The largest absolute Gasteiger partial charge is 0.439 e. The second-order valence-electron chi connectivity index (χ2n) is 6.50. The third-order valence-electron chi connectivity index (χ3n) is 4.40. The maximum absolute atomic E-state index is 12.9. The van der Waals surface area contributed by atoms with Crippen molar-refractivity contribution in [2.45, 2.75) is 4.90 Å². The summed E-state index contributed by atoms with van der Waals surface area (Å²) in [5.41, 5.74) is 1.65. The van der Waals surface area contributed by atoms with Crippen molar-refractivity contribution in [3.63, 3.8) is 0 Å². The van der Waals surface area contributed by atoms with Crippen molar-refractivity contribution in [2.24, 2.45) is 0 Å². The van der Waals surface area contributed by atoms with Gasteiger partial charge in [-0.2, -0.15) is 0 Å². The molecule has 2 aromatic carbocycles. The zero-order chi connectivity index (χ0) is 21.3. The quantitative estimate of drug-likeness (QED) is 0.332. The molecule has 0 saturated carbocycles. The molecular formula is C22H15N3O3S3. The van der Waals surface area contributed by atoms with Gasteiger partial charge >= 0.3 is 0 Å². The van der Waals surface area contributed by atoms with Crippen molar-refractivity contribution in [3.8, 4) is 22.2 Å². The maximum atomic E-state index is 12.9. The molecule has 9 heteroatoms. The summed E-state index contributed by atoms with van der Waals surface area (Å²) >= 11 is 2.84. The second-order valence-corrected chi connectivity index (χ2v) is 10.1. The Bertz CT molecular complexity index is 1410. The topological polar surface area (TPSA) is 81.2 Å². The molecule has 0 aliphatic carbocycles. The average molecular weight is 466 g/mol. The summed E-state index contributed by atoms with van der Waals surface area (Å²) in [5, 5.41) is 3.13. The molecule has 0 unspecified atom stereocenters. The highest BCUT2D eigenvalue weighted by Crippen LogP contribution is 2.38. The number of hydrogen-bond acceptors (Lipinski definition) is 7. The lowest BCUT2D eigenvalue weighted by Gasteiger charge is -2.09. The standard InChI is InChI=1S/C22H15N3O3S3/c26-31(27,16-10-11-20(23-14-16)28-15-6-2-1-3-7-15)25-22-17(12-13-29-22)21-24-18-8-4-5-9-19(18)30-21/h1-14,25H. The molecule has 3 aromatic heterocycles. The number of benzene rings is 2. The molecule has 0 atom stereocenters. The smallest absolute Gasteiger partial charge is 0.264 e. The zero-order valence-electron chi connectivity index (χ0n) is 15.9. The van der Waals surface area contributed by atoms with E-state index >= 15 is 0 Å². The van der Waals surface area contributed by atoms with E-state index in [1.807, 2.05) is 53.9 Å². The van der Waals surface area contributed by atoms with Gasteiger partial charge in [0.15, 0.2) is 0 Å². The number of sulfonamides is 1. The van der Waals surface area contributed by atoms with Crippen LogP contribution in [0.5, 0.6) is 11.6 Å². The first kappa shape index (κ1) is 19.7. The molecule has 0 bridgehead atoms. The van der Waals surface area contributed by atoms with E-state index in [2.05, 4.69) is 14.7 Å². The highest BCUT2D eigenvalue weighted by atomic mass is 32.2. The van der Waals surface area contributed by atoms with Crippen LogP contribution in [0, 0.1) is 0 Å². The van der Waals surface area contributed by atoms with Crippen LogP contribution < -0.4 is 9.46 Å². The summed E-state index contributed by atoms with van der Waals surface area (Å²) in [7, 11) is -3.81. The minimum absolute atomic E-state index is 0.0524. The van der Waals surface area contributed by atoms with E-state index in [1.165, 1.54) is 41.0 Å². The van der Waals surface area contributed by atoms with Crippen LogP contribution in [0.4, 0.5) is 5.00 Å². The summed E-state index contributed by atoms with van der Waals surface area (Å²) in [6.45, 7) is 0. The normalized spacial score (nSPS) is 11.5. The van der Waals surface area contributed by atoms with Crippen molar-refractivity contribution >= 4 is 47.9 Å². The summed E-state index contributed by atoms with van der Waals surface area (Å²) < 4.78 is 35.2. The molecular weight excluding hydrogens is 450 g/mol. The fourth-order valence-corrected chi connectivity index (χ4v) is 6.05. The third kappa shape index (κ3) is 4.15. The van der Waals surface area contributed by atoms with Crippen LogP contribution in [0.15, 0.2) is 89.3 Å². The van der Waals surface area contributed by atoms with Crippen molar-refractivity contribution in [2.75, 3.05) is 4.72 Å². The number of thiophene rings is 1. The molecule has 0 aliphatic rings. The van der Waals surface area contributed by atoms with Gasteiger partial charge in [0.05, 0.1) is 16.4 Å². The first-order valence-electron chi connectivity index (χ1n) is 9.24. The number of aromatic nitrogens is 2. The van der Waals surface area contributed by atoms with Gasteiger partial charge in [0.25, 0.3) is 10.0 Å². The van der Waals surface area contributed by atoms with Crippen molar-refractivity contribution in [1.29, 1.82) is 0 Å². The lowest BCUT2D eigenvalue weighted by molar-refractivity contribution is 0.462. The maximum Gasteiger partial charge on any atom is 0.264 e. The first-order chi connectivity index (χ1) is 15.1.